The van der Waals surface area contributed by atoms with Gasteiger partial charge in [-0.1, -0.05) is 32.0 Å². The highest BCUT2D eigenvalue weighted by atomic mass is 16.1. The van der Waals surface area contributed by atoms with Crippen molar-refractivity contribution in [3.8, 4) is 6.07 Å². The van der Waals surface area contributed by atoms with E-state index in [4.69, 9.17) is 5.26 Å². The first-order chi connectivity index (χ1) is 11.1. The molecule has 0 saturated heterocycles. The summed E-state index contributed by atoms with van der Waals surface area (Å²) in [6.45, 7) is 4.88. The van der Waals surface area contributed by atoms with Crippen LogP contribution in [0.2, 0.25) is 0 Å². The van der Waals surface area contributed by atoms with E-state index in [0.29, 0.717) is 30.1 Å². The molecule has 0 aliphatic carbocycles. The van der Waals surface area contributed by atoms with Crippen LogP contribution in [0.1, 0.15) is 37.3 Å². The van der Waals surface area contributed by atoms with Gasteiger partial charge in [0.25, 0.3) is 0 Å². The molecule has 2 aromatic carbocycles. The Bertz CT molecular complexity index is 699. The number of nitriles is 1. The highest BCUT2D eigenvalue weighted by Gasteiger charge is 2.06. The average molecular weight is 307 g/mol. The number of carbonyl (C=O) groups is 1. The molecule has 4 heteroatoms. The van der Waals surface area contributed by atoms with Crippen molar-refractivity contribution in [2.45, 2.75) is 26.2 Å². The van der Waals surface area contributed by atoms with Crippen LogP contribution in [0.15, 0.2) is 48.5 Å². The predicted molar refractivity (Wildman–Crippen MR) is 93.4 cm³/mol. The van der Waals surface area contributed by atoms with Gasteiger partial charge in [-0.3, -0.25) is 4.79 Å². The Labute approximate surface area is 137 Å². The number of nitrogens with one attached hydrogen (secondary N) is 2. The summed E-state index contributed by atoms with van der Waals surface area (Å²) in [5.41, 5.74) is 3.61. The summed E-state index contributed by atoms with van der Waals surface area (Å²) in [6, 6.07) is 17.0. The summed E-state index contributed by atoms with van der Waals surface area (Å²) in [5.74, 6) is 0.385. The minimum absolute atomic E-state index is 0.0516. The number of carbonyl (C=O) groups excluding carboxylic acids is 1. The molecule has 0 aliphatic heterocycles. The van der Waals surface area contributed by atoms with Crippen LogP contribution in [-0.2, 0) is 4.79 Å². The van der Waals surface area contributed by atoms with Gasteiger partial charge in [-0.25, -0.2) is 0 Å². The molecule has 0 aliphatic rings. The average Bonchev–Trinajstić information content (AvgIpc) is 2.56. The second kappa shape index (κ2) is 8.00. The van der Waals surface area contributed by atoms with Gasteiger partial charge < -0.3 is 10.6 Å². The van der Waals surface area contributed by atoms with Crippen LogP contribution in [0.4, 0.5) is 11.4 Å². The van der Waals surface area contributed by atoms with E-state index in [1.165, 1.54) is 5.56 Å². The topological polar surface area (TPSA) is 64.9 Å². The first kappa shape index (κ1) is 16.6. The summed E-state index contributed by atoms with van der Waals surface area (Å²) in [7, 11) is 0. The molecule has 0 bridgehead atoms. The molecular formula is C19H21N3O. The number of nitrogens with zero attached hydrogens (tertiary/aromatic N) is 1. The number of anilines is 2. The first-order valence-electron chi connectivity index (χ1n) is 7.73. The summed E-state index contributed by atoms with van der Waals surface area (Å²) < 4.78 is 0. The number of rotatable bonds is 6. The van der Waals surface area contributed by atoms with Gasteiger partial charge in [0.1, 0.15) is 0 Å². The Balaban J connectivity index is 1.84. The molecule has 2 aromatic rings. The lowest BCUT2D eigenvalue weighted by molar-refractivity contribution is -0.115. The van der Waals surface area contributed by atoms with Crippen molar-refractivity contribution in [3.63, 3.8) is 0 Å². The monoisotopic (exact) mass is 307 g/mol. The van der Waals surface area contributed by atoms with Crippen molar-refractivity contribution < 1.29 is 4.79 Å². The third kappa shape index (κ3) is 4.86. The quantitative estimate of drug-likeness (QED) is 0.843. The van der Waals surface area contributed by atoms with Crippen molar-refractivity contribution in [1.29, 1.82) is 5.26 Å². The van der Waals surface area contributed by atoms with Crippen molar-refractivity contribution >= 4 is 17.3 Å². The first-order valence-corrected chi connectivity index (χ1v) is 7.73. The number of benzene rings is 2. The van der Waals surface area contributed by atoms with Crippen molar-refractivity contribution in [2.75, 3.05) is 17.2 Å². The summed E-state index contributed by atoms with van der Waals surface area (Å²) in [5, 5.41) is 14.9. The molecule has 4 nitrogen and oxygen atoms in total. The van der Waals surface area contributed by atoms with Crippen molar-refractivity contribution in [1.82, 2.24) is 0 Å². The molecule has 0 aromatic heterocycles. The zero-order valence-electron chi connectivity index (χ0n) is 13.5. The Morgan fingerprint density at radius 3 is 2.48 bits per heavy atom. The Morgan fingerprint density at radius 1 is 1.13 bits per heavy atom. The standard InChI is InChI=1S/C19H21N3O/c1-14(2)17-5-3-4-6-18(17)21-12-11-19(23)22-16-9-7-15(13-20)8-10-16/h3-10,14,21H,11-12H2,1-2H3,(H,22,23). The van der Waals surface area contributed by atoms with Gasteiger partial charge in [-0.15, -0.1) is 0 Å². The molecule has 118 valence electrons. The Morgan fingerprint density at radius 2 is 1.83 bits per heavy atom. The zero-order valence-corrected chi connectivity index (χ0v) is 13.5. The maximum Gasteiger partial charge on any atom is 0.226 e. The number of para-hydroxylation sites is 1. The van der Waals surface area contributed by atoms with Gasteiger partial charge in [-0.05, 0) is 41.8 Å². The van der Waals surface area contributed by atoms with E-state index in [9.17, 15) is 4.79 Å². The largest absolute Gasteiger partial charge is 0.384 e. The van der Waals surface area contributed by atoms with Crippen LogP contribution in [-0.4, -0.2) is 12.5 Å². The molecule has 0 heterocycles. The fraction of sp³-hybridized carbons (Fsp3) is 0.263. The maximum absolute atomic E-state index is 12.0. The fourth-order valence-electron chi connectivity index (χ4n) is 2.32. The third-order valence-electron chi connectivity index (χ3n) is 3.55. The van der Waals surface area contributed by atoms with E-state index < -0.39 is 0 Å². The van der Waals surface area contributed by atoms with Crippen LogP contribution in [0.3, 0.4) is 0 Å². The van der Waals surface area contributed by atoms with Gasteiger partial charge in [-0.2, -0.15) is 5.26 Å². The van der Waals surface area contributed by atoms with E-state index in [2.05, 4.69) is 36.6 Å². The van der Waals surface area contributed by atoms with E-state index >= 15 is 0 Å². The third-order valence-corrected chi connectivity index (χ3v) is 3.55. The normalized spacial score (nSPS) is 10.2. The molecule has 1 amide bonds. The minimum Gasteiger partial charge on any atom is -0.384 e. The molecule has 23 heavy (non-hydrogen) atoms. The molecule has 2 N–H and O–H groups in total. The SMILES string of the molecule is CC(C)c1ccccc1NCCC(=O)Nc1ccc(C#N)cc1. The van der Waals surface area contributed by atoms with Gasteiger partial charge in [0.15, 0.2) is 0 Å². The van der Waals surface area contributed by atoms with Crippen LogP contribution in [0.5, 0.6) is 0 Å². The van der Waals surface area contributed by atoms with Crippen LogP contribution in [0.25, 0.3) is 0 Å². The smallest absolute Gasteiger partial charge is 0.226 e. The van der Waals surface area contributed by atoms with Gasteiger partial charge >= 0.3 is 0 Å². The highest BCUT2D eigenvalue weighted by Crippen LogP contribution is 2.23. The number of hydrogen-bond acceptors (Lipinski definition) is 3. The number of hydrogen-bond donors (Lipinski definition) is 2. The Hall–Kier alpha value is -2.80. The summed E-state index contributed by atoms with van der Waals surface area (Å²) in [6.07, 6.45) is 0.381. The van der Waals surface area contributed by atoms with E-state index in [1.807, 2.05) is 18.2 Å². The van der Waals surface area contributed by atoms with Crippen LogP contribution >= 0.6 is 0 Å². The molecule has 0 unspecified atom stereocenters. The molecule has 0 radical (unpaired) electrons. The molecule has 2 rings (SSSR count). The van der Waals surface area contributed by atoms with E-state index in [1.54, 1.807) is 24.3 Å². The lowest BCUT2D eigenvalue weighted by Crippen LogP contribution is -2.16. The maximum atomic E-state index is 12.0. The Kier molecular flexibility index (Phi) is 5.76. The highest BCUT2D eigenvalue weighted by molar-refractivity contribution is 5.91. The van der Waals surface area contributed by atoms with E-state index in [0.717, 1.165) is 5.69 Å². The summed E-state index contributed by atoms with van der Waals surface area (Å²) in [4.78, 5) is 12.0. The molecule has 0 spiro atoms. The van der Waals surface area contributed by atoms with Crippen molar-refractivity contribution in [2.24, 2.45) is 0 Å². The van der Waals surface area contributed by atoms with E-state index in [-0.39, 0.29) is 5.91 Å². The van der Waals surface area contributed by atoms with Crippen LogP contribution in [0, 0.1) is 11.3 Å². The second-order valence-electron chi connectivity index (χ2n) is 5.66. The van der Waals surface area contributed by atoms with Crippen LogP contribution < -0.4 is 10.6 Å². The van der Waals surface area contributed by atoms with Gasteiger partial charge in [0.2, 0.25) is 5.91 Å². The van der Waals surface area contributed by atoms with Gasteiger partial charge in [0, 0.05) is 24.3 Å². The lowest BCUT2D eigenvalue weighted by atomic mass is 10.0. The van der Waals surface area contributed by atoms with Crippen molar-refractivity contribution in [3.05, 3.63) is 59.7 Å². The summed E-state index contributed by atoms with van der Waals surface area (Å²) >= 11 is 0. The minimum atomic E-state index is -0.0516. The zero-order chi connectivity index (χ0) is 16.7. The lowest BCUT2D eigenvalue weighted by Gasteiger charge is -2.14. The number of amides is 1. The molecule has 0 fully saturated rings. The van der Waals surface area contributed by atoms with Gasteiger partial charge in [0.05, 0.1) is 11.6 Å². The fourth-order valence-corrected chi connectivity index (χ4v) is 2.32. The predicted octanol–water partition coefficient (Wildman–Crippen LogP) is 4.12. The molecular weight excluding hydrogens is 286 g/mol. The molecule has 0 atom stereocenters. The second-order valence-corrected chi connectivity index (χ2v) is 5.66. The molecule has 0 saturated carbocycles.